The number of thiazole rings is 1. The third-order valence-corrected chi connectivity index (χ3v) is 7.40. The Balaban J connectivity index is 1.93. The number of nitrogens with one attached hydrogen (secondary N) is 1. The molecule has 3 aromatic rings. The first-order valence-corrected chi connectivity index (χ1v) is 11.2. The van der Waals surface area contributed by atoms with Crippen molar-refractivity contribution in [1.29, 1.82) is 0 Å². The molecule has 0 amide bonds. The molecule has 10 heteroatoms. The number of aromatic nitrogens is 1. The van der Waals surface area contributed by atoms with Crippen molar-refractivity contribution in [2.45, 2.75) is 9.24 Å². The first kappa shape index (κ1) is 17.6. The third-order valence-electron chi connectivity index (χ3n) is 3.31. The molecule has 0 saturated carbocycles. The fraction of sp³-hybridized carbons (Fsp3) is 0.133. The van der Waals surface area contributed by atoms with Gasteiger partial charge in [-0.25, -0.2) is 21.8 Å². The molecule has 3 rings (SSSR count). The third kappa shape index (κ3) is 3.75. The van der Waals surface area contributed by atoms with Crippen LogP contribution in [0.1, 0.15) is 0 Å². The van der Waals surface area contributed by atoms with Crippen molar-refractivity contribution in [3.63, 3.8) is 0 Å². The highest BCUT2D eigenvalue weighted by atomic mass is 32.2. The second kappa shape index (κ2) is 6.28. The summed E-state index contributed by atoms with van der Waals surface area (Å²) in [6.45, 7) is 0. The Bertz CT molecular complexity index is 1130. The molecule has 7 nitrogen and oxygen atoms in total. The van der Waals surface area contributed by atoms with Crippen LogP contribution >= 0.6 is 11.3 Å². The number of hydrogen-bond acceptors (Lipinski definition) is 7. The average Bonchev–Trinajstić information content (AvgIpc) is 2.98. The van der Waals surface area contributed by atoms with Crippen molar-refractivity contribution in [1.82, 2.24) is 4.98 Å². The zero-order valence-electron chi connectivity index (χ0n) is 13.3. The summed E-state index contributed by atoms with van der Waals surface area (Å²) in [4.78, 5) is 4.13. The summed E-state index contributed by atoms with van der Waals surface area (Å²) >= 11 is 0.995. The van der Waals surface area contributed by atoms with E-state index in [4.69, 9.17) is 4.74 Å². The summed E-state index contributed by atoms with van der Waals surface area (Å²) in [6, 6.07) is 10.7. The van der Waals surface area contributed by atoms with Crippen LogP contribution in [0.25, 0.3) is 10.2 Å². The number of sulfone groups is 1. The van der Waals surface area contributed by atoms with Crippen molar-refractivity contribution >= 4 is 47.1 Å². The van der Waals surface area contributed by atoms with E-state index in [2.05, 4.69) is 9.71 Å². The minimum absolute atomic E-state index is 0.00217. The number of ether oxygens (including phenoxy) is 1. The van der Waals surface area contributed by atoms with Gasteiger partial charge in [-0.1, -0.05) is 0 Å². The lowest BCUT2D eigenvalue weighted by atomic mass is 10.3. The maximum absolute atomic E-state index is 12.4. The molecule has 0 radical (unpaired) electrons. The lowest BCUT2D eigenvalue weighted by Gasteiger charge is -2.08. The van der Waals surface area contributed by atoms with Gasteiger partial charge in [0.05, 0.1) is 27.9 Å². The molecular weight excluding hydrogens is 384 g/mol. The van der Waals surface area contributed by atoms with E-state index in [-0.39, 0.29) is 9.24 Å². The molecule has 0 saturated heterocycles. The Morgan fingerprint density at radius 3 is 2.32 bits per heavy atom. The molecule has 1 aromatic heterocycles. The molecule has 0 aliphatic carbocycles. The van der Waals surface area contributed by atoms with Crippen LogP contribution in [-0.4, -0.2) is 35.2 Å². The Morgan fingerprint density at radius 2 is 1.72 bits per heavy atom. The molecule has 1 heterocycles. The summed E-state index contributed by atoms with van der Waals surface area (Å²) in [6.07, 6.45) is 1.08. The molecule has 0 aliphatic rings. The first-order valence-electron chi connectivity index (χ1n) is 6.96. The van der Waals surface area contributed by atoms with Crippen molar-refractivity contribution in [2.75, 3.05) is 18.1 Å². The van der Waals surface area contributed by atoms with Crippen molar-refractivity contribution < 1.29 is 21.6 Å². The molecule has 0 atom stereocenters. The van der Waals surface area contributed by atoms with Gasteiger partial charge in [0.15, 0.2) is 0 Å². The van der Waals surface area contributed by atoms with Gasteiger partial charge in [0.2, 0.25) is 14.2 Å². The number of methoxy groups -OCH3 is 1. The minimum atomic E-state index is -3.77. The van der Waals surface area contributed by atoms with Crippen LogP contribution in [0.15, 0.2) is 51.7 Å². The molecule has 0 fully saturated rings. The molecule has 0 aliphatic heterocycles. The second-order valence-corrected chi connectivity index (χ2v) is 10.1. The topological polar surface area (TPSA) is 102 Å². The van der Waals surface area contributed by atoms with E-state index in [0.29, 0.717) is 21.7 Å². The molecule has 2 aromatic carbocycles. The molecule has 1 N–H and O–H groups in total. The monoisotopic (exact) mass is 398 g/mol. The quantitative estimate of drug-likeness (QED) is 0.708. The van der Waals surface area contributed by atoms with Gasteiger partial charge in [0, 0.05) is 6.26 Å². The van der Waals surface area contributed by atoms with Crippen LogP contribution in [0.4, 0.5) is 5.69 Å². The zero-order valence-corrected chi connectivity index (χ0v) is 15.7. The van der Waals surface area contributed by atoms with E-state index in [9.17, 15) is 16.8 Å². The van der Waals surface area contributed by atoms with Gasteiger partial charge in [-0.3, -0.25) is 4.72 Å². The highest BCUT2D eigenvalue weighted by Crippen LogP contribution is 2.29. The van der Waals surface area contributed by atoms with Crippen LogP contribution in [0.2, 0.25) is 0 Å². The van der Waals surface area contributed by atoms with Gasteiger partial charge in [0.1, 0.15) is 5.75 Å². The zero-order chi connectivity index (χ0) is 18.2. The molecular formula is C15H14N2O5S3. The maximum atomic E-state index is 12.4. The van der Waals surface area contributed by atoms with Gasteiger partial charge in [-0.2, -0.15) is 0 Å². The predicted molar refractivity (Wildman–Crippen MR) is 96.5 cm³/mol. The highest BCUT2D eigenvalue weighted by Gasteiger charge is 2.17. The van der Waals surface area contributed by atoms with Gasteiger partial charge in [-0.15, -0.1) is 11.3 Å². The average molecular weight is 398 g/mol. The van der Waals surface area contributed by atoms with Crippen molar-refractivity contribution in [3.8, 4) is 5.75 Å². The van der Waals surface area contributed by atoms with E-state index in [1.54, 1.807) is 24.3 Å². The largest absolute Gasteiger partial charge is 0.497 e. The van der Waals surface area contributed by atoms with Gasteiger partial charge in [0.25, 0.3) is 10.0 Å². The Morgan fingerprint density at radius 1 is 1.04 bits per heavy atom. The number of rotatable bonds is 5. The molecule has 0 spiro atoms. The van der Waals surface area contributed by atoms with Crippen LogP contribution < -0.4 is 9.46 Å². The summed E-state index contributed by atoms with van der Waals surface area (Å²) in [5.41, 5.74) is 0.824. The lowest BCUT2D eigenvalue weighted by Crippen LogP contribution is -2.12. The number of sulfonamides is 1. The fourth-order valence-corrected chi connectivity index (χ4v) is 5.02. The predicted octanol–water partition coefficient (Wildman–Crippen LogP) is 2.51. The van der Waals surface area contributed by atoms with Gasteiger partial charge in [-0.05, 0) is 42.5 Å². The van der Waals surface area contributed by atoms with Gasteiger partial charge < -0.3 is 4.74 Å². The first-order chi connectivity index (χ1) is 11.7. The summed E-state index contributed by atoms with van der Waals surface area (Å²) in [5.74, 6) is 0.554. The number of nitrogens with zero attached hydrogens (tertiary/aromatic N) is 1. The smallest absolute Gasteiger partial charge is 0.261 e. The maximum Gasteiger partial charge on any atom is 0.261 e. The van der Waals surface area contributed by atoms with Crippen molar-refractivity contribution in [2.24, 2.45) is 0 Å². The summed E-state index contributed by atoms with van der Waals surface area (Å²) < 4.78 is 56.1. The van der Waals surface area contributed by atoms with E-state index in [1.165, 1.54) is 25.3 Å². The molecule has 25 heavy (non-hydrogen) atoms. The van der Waals surface area contributed by atoms with E-state index < -0.39 is 19.9 Å². The van der Waals surface area contributed by atoms with Crippen LogP contribution in [0, 0.1) is 0 Å². The molecule has 0 unspecified atom stereocenters. The highest BCUT2D eigenvalue weighted by molar-refractivity contribution is 7.93. The van der Waals surface area contributed by atoms with Crippen LogP contribution in [0.5, 0.6) is 5.75 Å². The van der Waals surface area contributed by atoms with E-state index >= 15 is 0 Å². The van der Waals surface area contributed by atoms with Crippen LogP contribution in [0.3, 0.4) is 0 Å². The number of fused-ring (bicyclic) bond motifs is 1. The number of anilines is 1. The molecule has 0 bridgehead atoms. The van der Waals surface area contributed by atoms with Crippen LogP contribution in [-0.2, 0) is 19.9 Å². The fourth-order valence-electron chi connectivity index (χ4n) is 2.09. The normalized spacial score (nSPS) is 12.2. The molecule has 132 valence electrons. The van der Waals surface area contributed by atoms with Crippen molar-refractivity contribution in [3.05, 3.63) is 42.5 Å². The number of hydrogen-bond donors (Lipinski definition) is 1. The second-order valence-electron chi connectivity index (χ2n) is 5.22. The Hall–Kier alpha value is -2.17. The van der Waals surface area contributed by atoms with Gasteiger partial charge >= 0.3 is 0 Å². The SMILES string of the molecule is COc1ccc(S(=O)(=O)Nc2ccc3nc(S(C)(=O)=O)sc3c2)cc1. The summed E-state index contributed by atoms with van der Waals surface area (Å²) in [5, 5.41) is 0. The van der Waals surface area contributed by atoms with E-state index in [1.807, 2.05) is 0 Å². The minimum Gasteiger partial charge on any atom is -0.497 e. The Labute approximate surface area is 149 Å². The lowest BCUT2D eigenvalue weighted by molar-refractivity contribution is 0.414. The summed E-state index contributed by atoms with van der Waals surface area (Å²) in [7, 11) is -5.68. The Kier molecular flexibility index (Phi) is 4.43. The standard InChI is InChI=1S/C15H14N2O5S3/c1-22-11-4-6-12(7-5-11)25(20,21)17-10-3-8-13-14(9-10)23-15(16-13)24(2,18)19/h3-9,17H,1-2H3. The van der Waals surface area contributed by atoms with E-state index in [0.717, 1.165) is 17.6 Å². The number of benzene rings is 2.